The summed E-state index contributed by atoms with van der Waals surface area (Å²) >= 11 is 1.58. The Morgan fingerprint density at radius 1 is 0.826 bits per heavy atom. The molecule has 2 rings (SSSR count). The van der Waals surface area contributed by atoms with E-state index >= 15 is 0 Å². The van der Waals surface area contributed by atoms with Crippen molar-refractivity contribution < 1.29 is 28.4 Å². The third-order valence-corrected chi connectivity index (χ3v) is 3.14. The standard InChI is InChI=1S/2C8H11.CH4O.2CH3.ClH.H2Si.Zr/c2*1-6-4-7(2)8(3)5-6;1-2;;;;;/h2*4,8H,1-3H3;2H,1H3;2*1H3;1H;1H2;/q2*-1;;2*-1;;;. The van der Waals surface area contributed by atoms with Gasteiger partial charge in [0.2, 0.25) is 0 Å². The van der Waals surface area contributed by atoms with Crippen molar-refractivity contribution in [2.75, 3.05) is 7.11 Å². The van der Waals surface area contributed by atoms with E-state index in [0.29, 0.717) is 11.8 Å². The van der Waals surface area contributed by atoms with Gasteiger partial charge in [-0.05, 0) is 0 Å². The monoisotopic (exact) mass is 432 g/mol. The van der Waals surface area contributed by atoms with Crippen molar-refractivity contribution in [1.29, 1.82) is 0 Å². The predicted molar refractivity (Wildman–Crippen MR) is 107 cm³/mol. The zero-order chi connectivity index (χ0) is 16.3. The van der Waals surface area contributed by atoms with Gasteiger partial charge in [0.05, 0.1) is 0 Å². The van der Waals surface area contributed by atoms with E-state index in [2.05, 4.69) is 65.8 Å². The molecule has 1 nitrogen and oxygen atoms in total. The van der Waals surface area contributed by atoms with Gasteiger partial charge in [-0.25, -0.2) is 23.3 Å². The summed E-state index contributed by atoms with van der Waals surface area (Å²) in [6.07, 6.45) is 11.0. The molecule has 0 bridgehead atoms. The van der Waals surface area contributed by atoms with Gasteiger partial charge in [-0.1, -0.05) is 53.4 Å². The maximum atomic E-state index is 7.00. The second-order valence-corrected chi connectivity index (χ2v) is 4.87. The van der Waals surface area contributed by atoms with Gasteiger partial charge in [0.1, 0.15) is 0 Å². The van der Waals surface area contributed by atoms with Crippen molar-refractivity contribution >= 4 is 19.3 Å². The Bertz CT molecular complexity index is 374. The first kappa shape index (κ1) is 34.6. The molecule has 2 unspecified atom stereocenters. The molecular formula is C19H35ClOSiZr-4. The molecule has 136 valence electrons. The van der Waals surface area contributed by atoms with E-state index in [0.717, 1.165) is 7.11 Å². The van der Waals surface area contributed by atoms with Gasteiger partial charge in [-0.15, -0.1) is 12.4 Å². The molecule has 2 aliphatic rings. The van der Waals surface area contributed by atoms with Crippen molar-refractivity contribution in [3.8, 4) is 0 Å². The Morgan fingerprint density at radius 2 is 1.04 bits per heavy atom. The summed E-state index contributed by atoms with van der Waals surface area (Å²) in [5.41, 5.74) is 5.44. The van der Waals surface area contributed by atoms with Crippen LogP contribution in [0.4, 0.5) is 0 Å². The van der Waals surface area contributed by atoms with Crippen molar-refractivity contribution in [1.82, 2.24) is 0 Å². The molecule has 0 aromatic rings. The molecule has 0 saturated heterocycles. The summed E-state index contributed by atoms with van der Waals surface area (Å²) in [6.45, 7) is 14.8. The van der Waals surface area contributed by atoms with E-state index in [-0.39, 0.29) is 27.3 Å². The molecule has 4 heteroatoms. The molecular weight excluding hydrogens is 399 g/mol. The first-order chi connectivity index (χ1) is 9.40. The van der Waals surface area contributed by atoms with E-state index in [1.54, 1.807) is 23.3 Å². The number of rotatable bonds is 0. The number of hydrogen-bond donors (Lipinski definition) is 1. The van der Waals surface area contributed by atoms with Crippen LogP contribution in [0, 0.1) is 38.8 Å². The molecule has 0 radical (unpaired) electrons. The molecule has 0 aromatic carbocycles. The molecule has 2 aliphatic carbocycles. The van der Waals surface area contributed by atoms with E-state index in [4.69, 9.17) is 5.11 Å². The van der Waals surface area contributed by atoms with Gasteiger partial charge < -0.3 is 20.0 Å². The van der Waals surface area contributed by atoms with Crippen LogP contribution in [0.5, 0.6) is 0 Å². The molecule has 2 atom stereocenters. The molecule has 0 aliphatic heterocycles. The summed E-state index contributed by atoms with van der Waals surface area (Å²) in [4.78, 5) is 0. The van der Waals surface area contributed by atoms with E-state index in [9.17, 15) is 0 Å². The van der Waals surface area contributed by atoms with Crippen molar-refractivity contribution in [2.45, 2.75) is 41.5 Å². The van der Waals surface area contributed by atoms with Crippen molar-refractivity contribution in [3.63, 3.8) is 0 Å². The SMILES string of the molecule is CC1=[C-]C(C)C(C)=C1.CC1=[C-]C(C)C(C)=C1.CO.Cl.[CH3-].[CH3-].[SiH2]=[Zr]. The third kappa shape index (κ3) is 15.6. The molecule has 0 saturated carbocycles. The summed E-state index contributed by atoms with van der Waals surface area (Å²) in [5.74, 6) is 1.13. The molecule has 23 heavy (non-hydrogen) atoms. The van der Waals surface area contributed by atoms with E-state index < -0.39 is 0 Å². The van der Waals surface area contributed by atoms with E-state index in [1.165, 1.54) is 22.3 Å². The van der Waals surface area contributed by atoms with Crippen LogP contribution in [-0.2, 0) is 23.3 Å². The van der Waals surface area contributed by atoms with Crippen molar-refractivity contribution in [2.24, 2.45) is 11.8 Å². The Balaban J connectivity index is -0.0000000697. The second-order valence-electron chi connectivity index (χ2n) is 4.87. The minimum absolute atomic E-state index is 0. The summed E-state index contributed by atoms with van der Waals surface area (Å²) < 4.78 is 0. The number of aliphatic hydroxyl groups is 1. The normalized spacial score (nSPS) is 19.6. The van der Waals surface area contributed by atoms with Gasteiger partial charge in [0.15, 0.2) is 0 Å². The Morgan fingerprint density at radius 3 is 1.09 bits per heavy atom. The predicted octanol–water partition coefficient (Wildman–Crippen LogP) is 4.68. The summed E-state index contributed by atoms with van der Waals surface area (Å²) in [7, 11) is 1.00. The molecule has 0 heterocycles. The van der Waals surface area contributed by atoms with Gasteiger partial charge in [-0.2, -0.15) is 11.1 Å². The van der Waals surface area contributed by atoms with Crippen molar-refractivity contribution in [3.05, 3.63) is 61.4 Å². The van der Waals surface area contributed by atoms with Crippen LogP contribution in [-0.4, -0.2) is 19.1 Å². The maximum absolute atomic E-state index is 7.00. The molecule has 0 amide bonds. The van der Waals surface area contributed by atoms with Crippen LogP contribution >= 0.6 is 12.4 Å². The number of aliphatic hydroxyl groups excluding tert-OH is 1. The average Bonchev–Trinajstić information content (AvgIpc) is 2.87. The first-order valence-electron chi connectivity index (χ1n) is 6.76. The Kier molecular flexibility index (Phi) is 30.6. The number of halogens is 1. The average molecular weight is 434 g/mol. The first-order valence-corrected chi connectivity index (χ1v) is 12.7. The van der Waals surface area contributed by atoms with Gasteiger partial charge in [0.25, 0.3) is 0 Å². The topological polar surface area (TPSA) is 20.2 Å². The van der Waals surface area contributed by atoms with Gasteiger partial charge in [-0.3, -0.25) is 12.2 Å². The van der Waals surface area contributed by atoms with Crippen LogP contribution in [0.25, 0.3) is 0 Å². The number of allylic oxidation sites excluding steroid dienone is 8. The molecule has 0 aromatic heterocycles. The van der Waals surface area contributed by atoms with Gasteiger partial charge >= 0.3 is 30.2 Å². The Labute approximate surface area is 169 Å². The minimum atomic E-state index is 0. The fourth-order valence-corrected chi connectivity index (χ4v) is 1.93. The quantitative estimate of drug-likeness (QED) is 0.434. The Hall–Kier alpha value is 0.310. The van der Waals surface area contributed by atoms with Crippen LogP contribution in [0.3, 0.4) is 0 Å². The fourth-order valence-electron chi connectivity index (χ4n) is 1.93. The summed E-state index contributed by atoms with van der Waals surface area (Å²) in [6, 6.07) is 0. The van der Waals surface area contributed by atoms with E-state index in [1.807, 2.05) is 6.88 Å². The molecule has 1 N–H and O–H groups in total. The summed E-state index contributed by atoms with van der Waals surface area (Å²) in [5, 5.41) is 7.00. The molecule has 0 spiro atoms. The second kappa shape index (κ2) is 20.4. The van der Waals surface area contributed by atoms with Crippen LogP contribution < -0.4 is 0 Å². The van der Waals surface area contributed by atoms with Crippen LogP contribution in [0.2, 0.25) is 0 Å². The van der Waals surface area contributed by atoms with Gasteiger partial charge in [0, 0.05) is 7.11 Å². The zero-order valence-electron chi connectivity index (χ0n) is 16.4. The van der Waals surface area contributed by atoms with Crippen LogP contribution in [0.1, 0.15) is 41.5 Å². The fraction of sp³-hybridized carbons (Fsp3) is 0.474. The third-order valence-electron chi connectivity index (χ3n) is 3.14. The molecule has 0 fully saturated rings. The van der Waals surface area contributed by atoms with Crippen LogP contribution in [0.15, 0.2) is 34.4 Å². The zero-order valence-corrected chi connectivity index (χ0v) is 21.1. The number of hydrogen-bond acceptors (Lipinski definition) is 1.